The van der Waals surface area contributed by atoms with Gasteiger partial charge in [-0.3, -0.25) is 9.59 Å². The number of carbonyl (C=O) groups is 2. The van der Waals surface area contributed by atoms with E-state index in [-0.39, 0.29) is 18.1 Å². The van der Waals surface area contributed by atoms with E-state index in [1.807, 2.05) is 4.90 Å². The second-order valence-electron chi connectivity index (χ2n) is 8.03. The number of anilines is 1. The van der Waals surface area contributed by atoms with Crippen LogP contribution in [0.25, 0.3) is 0 Å². The van der Waals surface area contributed by atoms with Gasteiger partial charge in [0, 0.05) is 13.1 Å². The topological polar surface area (TPSA) is 53.9 Å². The van der Waals surface area contributed by atoms with Gasteiger partial charge in [-0.05, 0) is 37.3 Å². The number of quaternary nitrogens is 1. The van der Waals surface area contributed by atoms with Crippen molar-refractivity contribution in [3.05, 3.63) is 29.8 Å². The second kappa shape index (κ2) is 8.94. The molecule has 4 atom stereocenters. The molecule has 0 spiro atoms. The largest absolute Gasteiger partial charge is 0.418 e. The average molecular weight is 400 g/mol. The molecule has 1 fully saturated rings. The van der Waals surface area contributed by atoms with Gasteiger partial charge in [0.05, 0.1) is 18.3 Å². The third kappa shape index (κ3) is 5.70. The van der Waals surface area contributed by atoms with Crippen LogP contribution < -0.4 is 10.2 Å². The number of hydrogen-bond donors (Lipinski definition) is 2. The van der Waals surface area contributed by atoms with Gasteiger partial charge in [-0.25, -0.2) is 0 Å². The highest BCUT2D eigenvalue weighted by Gasteiger charge is 2.35. The van der Waals surface area contributed by atoms with Crippen molar-refractivity contribution in [2.24, 2.45) is 11.8 Å². The number of likely N-dealkylation sites (N-methyl/N-ethyl adjacent to an activating group) is 1. The molecule has 28 heavy (non-hydrogen) atoms. The molecule has 0 aliphatic carbocycles. The van der Waals surface area contributed by atoms with Crippen molar-refractivity contribution in [2.75, 3.05) is 32.0 Å². The van der Waals surface area contributed by atoms with Crippen LogP contribution in [0.1, 0.15) is 32.8 Å². The van der Waals surface area contributed by atoms with Crippen molar-refractivity contribution < 1.29 is 27.7 Å². The lowest BCUT2D eigenvalue weighted by Crippen LogP contribution is -3.15. The quantitative estimate of drug-likeness (QED) is 0.795. The molecule has 0 bridgehead atoms. The number of nitrogens with one attached hydrogen (secondary N) is 2. The Morgan fingerprint density at radius 2 is 1.79 bits per heavy atom. The number of likely N-dealkylation sites (tertiary alicyclic amines) is 1. The van der Waals surface area contributed by atoms with Crippen molar-refractivity contribution in [3.8, 4) is 0 Å². The van der Waals surface area contributed by atoms with Crippen LogP contribution >= 0.6 is 0 Å². The summed E-state index contributed by atoms with van der Waals surface area (Å²) in [4.78, 5) is 27.5. The van der Waals surface area contributed by atoms with Crippen molar-refractivity contribution >= 4 is 17.5 Å². The van der Waals surface area contributed by atoms with Gasteiger partial charge in [-0.2, -0.15) is 13.2 Å². The molecule has 5 nitrogen and oxygen atoms in total. The Morgan fingerprint density at radius 3 is 2.36 bits per heavy atom. The molecule has 1 aromatic rings. The fourth-order valence-corrected chi connectivity index (χ4v) is 3.77. The first-order valence-electron chi connectivity index (χ1n) is 9.56. The number of benzene rings is 1. The predicted octanol–water partition coefficient (Wildman–Crippen LogP) is 2.05. The van der Waals surface area contributed by atoms with Crippen LogP contribution in [0.3, 0.4) is 0 Å². The van der Waals surface area contributed by atoms with E-state index in [4.69, 9.17) is 0 Å². The number of halogens is 3. The molecule has 8 heteroatoms. The van der Waals surface area contributed by atoms with Crippen molar-refractivity contribution in [1.82, 2.24) is 4.90 Å². The van der Waals surface area contributed by atoms with Gasteiger partial charge in [0.2, 0.25) is 0 Å². The minimum atomic E-state index is -4.55. The zero-order valence-electron chi connectivity index (χ0n) is 16.8. The lowest BCUT2D eigenvalue weighted by molar-refractivity contribution is -0.886. The van der Waals surface area contributed by atoms with Crippen LogP contribution in [0.5, 0.6) is 0 Å². The zero-order valence-corrected chi connectivity index (χ0v) is 16.8. The molecule has 0 radical (unpaired) electrons. The molecule has 2 rings (SSSR count). The van der Waals surface area contributed by atoms with Crippen LogP contribution in [0.2, 0.25) is 0 Å². The van der Waals surface area contributed by atoms with Gasteiger partial charge >= 0.3 is 6.18 Å². The summed E-state index contributed by atoms with van der Waals surface area (Å²) in [6, 6.07) is 4.41. The Hall–Kier alpha value is -2.09. The van der Waals surface area contributed by atoms with Gasteiger partial charge in [-0.15, -0.1) is 0 Å². The molecular weight excluding hydrogens is 371 g/mol. The van der Waals surface area contributed by atoms with Crippen LogP contribution in [0.15, 0.2) is 24.3 Å². The summed E-state index contributed by atoms with van der Waals surface area (Å²) >= 11 is 0. The molecule has 1 unspecified atom stereocenters. The van der Waals surface area contributed by atoms with Crippen molar-refractivity contribution in [2.45, 2.75) is 39.4 Å². The lowest BCUT2D eigenvalue weighted by atomic mass is 9.91. The van der Waals surface area contributed by atoms with Crippen molar-refractivity contribution in [1.29, 1.82) is 0 Å². The molecule has 2 amide bonds. The van der Waals surface area contributed by atoms with Crippen LogP contribution in [0, 0.1) is 11.8 Å². The second-order valence-corrected chi connectivity index (χ2v) is 8.03. The van der Waals surface area contributed by atoms with Gasteiger partial charge in [0.25, 0.3) is 11.8 Å². The maximum Gasteiger partial charge on any atom is 0.418 e. The van der Waals surface area contributed by atoms with Gasteiger partial charge < -0.3 is 15.1 Å². The summed E-state index contributed by atoms with van der Waals surface area (Å²) in [6.07, 6.45) is -3.46. The first-order chi connectivity index (χ1) is 13.0. The molecule has 2 N–H and O–H groups in total. The zero-order chi connectivity index (χ0) is 21.1. The smallest absolute Gasteiger partial charge is 0.337 e. The molecule has 1 heterocycles. The average Bonchev–Trinajstić information content (AvgIpc) is 2.59. The van der Waals surface area contributed by atoms with Crippen LogP contribution in [-0.2, 0) is 15.8 Å². The third-order valence-corrected chi connectivity index (χ3v) is 5.24. The van der Waals surface area contributed by atoms with Gasteiger partial charge in [0.1, 0.15) is 0 Å². The molecule has 0 aromatic heterocycles. The summed E-state index contributed by atoms with van der Waals surface area (Å²) in [5, 5.41) is 2.33. The summed E-state index contributed by atoms with van der Waals surface area (Å²) in [6.45, 7) is 7.28. The number of nitrogens with zero attached hydrogens (tertiary/aromatic N) is 1. The number of carbonyl (C=O) groups excluding carboxylic acids is 2. The van der Waals surface area contributed by atoms with E-state index in [1.54, 1.807) is 14.0 Å². The normalized spacial score (nSPS) is 22.5. The Kier molecular flexibility index (Phi) is 7.09. The number of para-hydroxylation sites is 1. The number of hydrogen-bond acceptors (Lipinski definition) is 2. The van der Waals surface area contributed by atoms with E-state index in [2.05, 4.69) is 19.2 Å². The molecule has 0 saturated carbocycles. The molecule has 1 aliphatic heterocycles. The lowest BCUT2D eigenvalue weighted by Gasteiger charge is -2.36. The van der Waals surface area contributed by atoms with Crippen LogP contribution in [-0.4, -0.2) is 49.4 Å². The number of alkyl halides is 3. The maximum absolute atomic E-state index is 13.1. The van der Waals surface area contributed by atoms with E-state index >= 15 is 0 Å². The summed E-state index contributed by atoms with van der Waals surface area (Å²) < 4.78 is 39.2. The Bertz CT molecular complexity index is 698. The maximum atomic E-state index is 13.1. The molecule has 1 saturated heterocycles. The number of piperidine rings is 1. The van der Waals surface area contributed by atoms with Gasteiger partial charge in [0.15, 0.2) is 12.6 Å². The summed E-state index contributed by atoms with van der Waals surface area (Å²) in [7, 11) is 1.70. The highest BCUT2D eigenvalue weighted by Crippen LogP contribution is 2.34. The van der Waals surface area contributed by atoms with E-state index in [1.165, 1.54) is 18.2 Å². The third-order valence-electron chi connectivity index (χ3n) is 5.24. The highest BCUT2D eigenvalue weighted by atomic mass is 19.4. The van der Waals surface area contributed by atoms with E-state index in [0.717, 1.165) is 12.5 Å². The van der Waals surface area contributed by atoms with Crippen molar-refractivity contribution in [3.63, 3.8) is 0 Å². The van der Waals surface area contributed by atoms with E-state index in [0.29, 0.717) is 29.8 Å². The SMILES string of the molecule is C[C@H]1C[C@H](C)CN(C(=O)[C@@H](C)[NH+](C)CC(=O)Nc2ccccc2C(F)(F)F)C1. The molecule has 1 aromatic carbocycles. The Morgan fingerprint density at radius 1 is 1.21 bits per heavy atom. The number of rotatable bonds is 5. The highest BCUT2D eigenvalue weighted by molar-refractivity contribution is 5.92. The Labute approximate surface area is 163 Å². The summed E-state index contributed by atoms with van der Waals surface area (Å²) in [5.74, 6) is 0.276. The predicted molar refractivity (Wildman–Crippen MR) is 101 cm³/mol. The van der Waals surface area contributed by atoms with E-state index in [9.17, 15) is 22.8 Å². The summed E-state index contributed by atoms with van der Waals surface area (Å²) in [5.41, 5.74) is -1.16. The van der Waals surface area contributed by atoms with Crippen LogP contribution in [0.4, 0.5) is 18.9 Å². The fourth-order valence-electron chi connectivity index (χ4n) is 3.77. The molecule has 1 aliphatic rings. The Balaban J connectivity index is 1.98. The first-order valence-corrected chi connectivity index (χ1v) is 9.56. The van der Waals surface area contributed by atoms with Gasteiger partial charge in [-0.1, -0.05) is 26.0 Å². The molecular formula is C20H29F3N3O2+. The monoisotopic (exact) mass is 400 g/mol. The fraction of sp³-hybridized carbons (Fsp3) is 0.600. The van der Waals surface area contributed by atoms with E-state index < -0.39 is 23.7 Å². The minimum Gasteiger partial charge on any atom is -0.337 e. The first kappa shape index (κ1) is 22.2. The minimum absolute atomic E-state index is 0.0283. The molecule has 156 valence electrons. The number of amides is 2. The standard InChI is InChI=1S/C20H28F3N3O2/c1-13-9-14(2)11-26(10-13)19(28)15(3)25(4)12-18(27)24-17-8-6-5-7-16(17)20(21,22)23/h5-8,13-15H,9-12H2,1-4H3,(H,24,27)/p+1/t13-,14-,15+/m0/s1.